The van der Waals surface area contributed by atoms with Crippen LogP contribution in [0.1, 0.15) is 52.8 Å². The van der Waals surface area contributed by atoms with E-state index >= 15 is 0 Å². The molecule has 1 fully saturated rings. The number of methoxy groups -OCH3 is 1. The van der Waals surface area contributed by atoms with E-state index in [1.165, 1.54) is 30.6 Å². The molecule has 0 saturated carbocycles. The Hall–Kier alpha value is -2.82. The average molecular weight is 541 g/mol. The van der Waals surface area contributed by atoms with Gasteiger partial charge in [0.15, 0.2) is 0 Å². The Kier molecular flexibility index (Phi) is 8.30. The molecule has 0 atom stereocenters. The Morgan fingerprint density at radius 3 is 2.46 bits per heavy atom. The van der Waals surface area contributed by atoms with E-state index < -0.39 is 12.0 Å². The van der Waals surface area contributed by atoms with Crippen molar-refractivity contribution in [1.82, 2.24) is 10.2 Å². The number of anilines is 2. The zero-order chi connectivity index (χ0) is 25.9. The molecule has 1 aliphatic heterocycles. The third-order valence-corrected chi connectivity index (χ3v) is 7.62. The number of esters is 1. The maximum atomic E-state index is 13.3. The van der Waals surface area contributed by atoms with E-state index in [0.29, 0.717) is 23.7 Å². The molecule has 4 amide bonds. The number of benzene rings is 1. The van der Waals surface area contributed by atoms with Gasteiger partial charge in [-0.2, -0.15) is 0 Å². The molecule has 3 rings (SSSR count). The van der Waals surface area contributed by atoms with Crippen LogP contribution < -0.4 is 16.0 Å². The van der Waals surface area contributed by atoms with Gasteiger partial charge in [-0.3, -0.25) is 14.9 Å². The molecule has 0 spiro atoms. The number of amides is 4. The molecule has 1 aliphatic rings. The molecule has 1 aromatic carbocycles. The highest BCUT2D eigenvalue weighted by Crippen LogP contribution is 2.37. The zero-order valence-electron chi connectivity index (χ0n) is 19.7. The smallest absolute Gasteiger partial charge is 0.339 e. The van der Waals surface area contributed by atoms with Gasteiger partial charge in [0.05, 0.1) is 34.0 Å². The Morgan fingerprint density at radius 2 is 1.80 bits per heavy atom. The minimum absolute atomic E-state index is 0.0238. The first-order valence-corrected chi connectivity index (χ1v) is 12.3. The van der Waals surface area contributed by atoms with Crippen molar-refractivity contribution in [2.75, 3.05) is 37.4 Å². The van der Waals surface area contributed by atoms with Gasteiger partial charge in [0.25, 0.3) is 5.91 Å². The first-order valence-electron chi connectivity index (χ1n) is 10.8. The van der Waals surface area contributed by atoms with Crippen LogP contribution in [0.25, 0.3) is 0 Å². The van der Waals surface area contributed by atoms with Crippen LogP contribution in [0, 0.1) is 0 Å². The highest BCUT2D eigenvalue weighted by atomic mass is 35.5. The summed E-state index contributed by atoms with van der Waals surface area (Å²) in [5, 5.41) is 8.38. The second kappa shape index (κ2) is 10.8. The summed E-state index contributed by atoms with van der Waals surface area (Å²) >= 11 is 13.7. The lowest BCUT2D eigenvalue weighted by atomic mass is 9.94. The number of carbonyl (C=O) groups is 4. The van der Waals surface area contributed by atoms with Crippen molar-refractivity contribution >= 4 is 69.0 Å². The van der Waals surface area contributed by atoms with Crippen molar-refractivity contribution in [1.29, 1.82) is 0 Å². The van der Waals surface area contributed by atoms with Crippen molar-refractivity contribution in [2.24, 2.45) is 0 Å². The molecule has 2 heterocycles. The van der Waals surface area contributed by atoms with Crippen LogP contribution in [0.5, 0.6) is 0 Å². The average Bonchev–Trinajstić information content (AvgIpc) is 3.10. The van der Waals surface area contributed by atoms with E-state index in [9.17, 15) is 19.2 Å². The Balaban J connectivity index is 1.85. The number of rotatable bonds is 4. The molecular weight excluding hydrogens is 515 g/mol. The van der Waals surface area contributed by atoms with Crippen molar-refractivity contribution in [3.05, 3.63) is 44.2 Å². The summed E-state index contributed by atoms with van der Waals surface area (Å²) in [5.74, 6) is -1.03. The fourth-order valence-corrected chi connectivity index (χ4v) is 4.88. The summed E-state index contributed by atoms with van der Waals surface area (Å²) in [6.07, 6.45) is 0.214. The van der Waals surface area contributed by atoms with Gasteiger partial charge in [-0.05, 0) is 23.6 Å². The minimum Gasteiger partial charge on any atom is -0.465 e. The lowest BCUT2D eigenvalue weighted by Gasteiger charge is -2.20. The van der Waals surface area contributed by atoms with Crippen LogP contribution in [-0.4, -0.2) is 55.5 Å². The van der Waals surface area contributed by atoms with Crippen LogP contribution in [0.2, 0.25) is 10.0 Å². The number of carbonyl (C=O) groups excluding carboxylic acids is 4. The predicted octanol–water partition coefficient (Wildman–Crippen LogP) is 4.75. The quantitative estimate of drug-likeness (QED) is 0.484. The first-order chi connectivity index (χ1) is 16.4. The lowest BCUT2D eigenvalue weighted by molar-refractivity contribution is -0.120. The molecule has 1 saturated heterocycles. The zero-order valence-corrected chi connectivity index (χ0v) is 22.0. The third-order valence-electron chi connectivity index (χ3n) is 5.26. The predicted molar refractivity (Wildman–Crippen MR) is 137 cm³/mol. The lowest BCUT2D eigenvalue weighted by Crippen LogP contribution is -2.34. The second-order valence-electron chi connectivity index (χ2n) is 8.85. The van der Waals surface area contributed by atoms with Gasteiger partial charge in [0, 0.05) is 30.9 Å². The van der Waals surface area contributed by atoms with E-state index in [4.69, 9.17) is 23.2 Å². The van der Waals surface area contributed by atoms with Crippen molar-refractivity contribution in [3.8, 4) is 0 Å². The van der Waals surface area contributed by atoms with Gasteiger partial charge in [-0.1, -0.05) is 44.0 Å². The molecule has 2 aromatic rings. The number of thiophene rings is 1. The van der Waals surface area contributed by atoms with Crippen LogP contribution in [0.3, 0.4) is 0 Å². The van der Waals surface area contributed by atoms with Gasteiger partial charge in [0.1, 0.15) is 5.00 Å². The van der Waals surface area contributed by atoms with Gasteiger partial charge >= 0.3 is 12.0 Å². The summed E-state index contributed by atoms with van der Waals surface area (Å²) < 4.78 is 4.66. The summed E-state index contributed by atoms with van der Waals surface area (Å²) in [6, 6.07) is 3.96. The van der Waals surface area contributed by atoms with E-state index in [0.717, 1.165) is 4.88 Å². The van der Waals surface area contributed by atoms with Gasteiger partial charge in [-0.25, -0.2) is 9.59 Å². The summed E-state index contributed by atoms with van der Waals surface area (Å²) in [6.45, 7) is 7.06. The summed E-state index contributed by atoms with van der Waals surface area (Å²) in [4.78, 5) is 52.1. The maximum Gasteiger partial charge on any atom is 0.339 e. The number of urea groups is 1. The highest BCUT2D eigenvalue weighted by molar-refractivity contribution is 7.16. The SMILES string of the molecule is COC(=O)c1ccc(NC(=O)Nc2sc(C(C)(C)C)cc2C(=O)N2CCNC(=O)CC2)c(Cl)c1Cl. The Labute approximate surface area is 217 Å². The number of ether oxygens (including phenoxy) is 1. The van der Waals surface area contributed by atoms with Crippen molar-refractivity contribution in [3.63, 3.8) is 0 Å². The molecule has 35 heavy (non-hydrogen) atoms. The highest BCUT2D eigenvalue weighted by Gasteiger charge is 2.28. The van der Waals surface area contributed by atoms with Crippen LogP contribution in [0.4, 0.5) is 15.5 Å². The van der Waals surface area contributed by atoms with Crippen LogP contribution in [0.15, 0.2) is 18.2 Å². The number of hydrogen-bond donors (Lipinski definition) is 3. The standard InChI is InChI=1S/C23H26Cl2N4O5S/c1-23(2,3)15-11-13(20(31)29-9-7-16(30)26-8-10-29)19(35-15)28-22(33)27-14-6-5-12(21(32)34-4)17(24)18(14)25/h5-6,11H,7-10H2,1-4H3,(H,26,30)(H2,27,28,33). The van der Waals surface area contributed by atoms with Crippen LogP contribution >= 0.6 is 34.5 Å². The molecule has 0 bridgehead atoms. The fraction of sp³-hybridized carbons (Fsp3) is 0.391. The van der Waals surface area contributed by atoms with Crippen molar-refractivity contribution < 1.29 is 23.9 Å². The largest absolute Gasteiger partial charge is 0.465 e. The van der Waals surface area contributed by atoms with Gasteiger partial charge < -0.3 is 20.3 Å². The molecule has 12 heteroatoms. The summed E-state index contributed by atoms with van der Waals surface area (Å²) in [5.41, 5.74) is 0.331. The molecule has 1 aromatic heterocycles. The minimum atomic E-state index is -0.658. The van der Waals surface area contributed by atoms with E-state index in [2.05, 4.69) is 20.7 Å². The second-order valence-corrected chi connectivity index (χ2v) is 10.7. The van der Waals surface area contributed by atoms with Gasteiger partial charge in [0.2, 0.25) is 5.91 Å². The van der Waals surface area contributed by atoms with E-state index in [1.807, 2.05) is 20.8 Å². The molecule has 0 radical (unpaired) electrons. The monoisotopic (exact) mass is 540 g/mol. The molecular formula is C23H26Cl2N4O5S. The van der Waals surface area contributed by atoms with Crippen LogP contribution in [-0.2, 0) is 14.9 Å². The molecule has 3 N–H and O–H groups in total. The summed E-state index contributed by atoms with van der Waals surface area (Å²) in [7, 11) is 1.22. The van der Waals surface area contributed by atoms with Gasteiger partial charge in [-0.15, -0.1) is 11.3 Å². The Bertz CT molecular complexity index is 1180. The van der Waals surface area contributed by atoms with E-state index in [1.54, 1.807) is 11.0 Å². The number of halogens is 2. The maximum absolute atomic E-state index is 13.3. The topological polar surface area (TPSA) is 117 Å². The molecule has 188 valence electrons. The Morgan fingerprint density at radius 1 is 1.09 bits per heavy atom. The third kappa shape index (κ3) is 6.25. The van der Waals surface area contributed by atoms with E-state index in [-0.39, 0.29) is 51.5 Å². The first kappa shape index (κ1) is 26.8. The normalized spacial score (nSPS) is 14.1. The number of nitrogens with one attached hydrogen (secondary N) is 3. The molecule has 0 unspecified atom stereocenters. The van der Waals surface area contributed by atoms with Crippen molar-refractivity contribution in [2.45, 2.75) is 32.6 Å². The fourth-order valence-electron chi connectivity index (χ4n) is 3.32. The number of nitrogens with zero attached hydrogens (tertiary/aromatic N) is 1. The number of hydrogen-bond acceptors (Lipinski definition) is 6. The molecule has 0 aliphatic carbocycles. The molecule has 9 nitrogen and oxygen atoms in total.